The topological polar surface area (TPSA) is 87.9 Å². The van der Waals surface area contributed by atoms with Gasteiger partial charge in [-0.05, 0) is 88.5 Å². The highest BCUT2D eigenvalue weighted by Crippen LogP contribution is 2.46. The lowest BCUT2D eigenvalue weighted by Crippen LogP contribution is -2.51. The normalized spacial score (nSPS) is 17.1. The van der Waals surface area contributed by atoms with Crippen molar-refractivity contribution in [3.8, 4) is 17.1 Å². The lowest BCUT2D eigenvalue weighted by molar-refractivity contribution is 0.0262. The van der Waals surface area contributed by atoms with Crippen LogP contribution in [0.5, 0.6) is 0 Å². The zero-order valence-corrected chi connectivity index (χ0v) is 28.4. The van der Waals surface area contributed by atoms with E-state index in [1.54, 1.807) is 0 Å². The lowest BCUT2D eigenvalue weighted by atomic mass is 9.75. The predicted molar refractivity (Wildman–Crippen MR) is 176 cm³/mol. The number of rotatable bonds is 9. The molecule has 10 heteroatoms. The van der Waals surface area contributed by atoms with E-state index in [2.05, 4.69) is 43.7 Å². The van der Waals surface area contributed by atoms with E-state index in [0.717, 1.165) is 28.6 Å². The molecule has 1 aromatic carbocycles. The van der Waals surface area contributed by atoms with Crippen molar-refractivity contribution in [3.63, 3.8) is 0 Å². The summed E-state index contributed by atoms with van der Waals surface area (Å²) in [4.78, 5) is 9.79. The van der Waals surface area contributed by atoms with E-state index in [4.69, 9.17) is 14.4 Å². The van der Waals surface area contributed by atoms with Gasteiger partial charge in [0.15, 0.2) is 14.1 Å². The monoisotopic (exact) mass is 621 g/mol. The van der Waals surface area contributed by atoms with Crippen LogP contribution in [0.2, 0.25) is 18.1 Å². The number of benzene rings is 1. The zero-order valence-electron chi connectivity index (χ0n) is 26.6. The van der Waals surface area contributed by atoms with Crippen molar-refractivity contribution in [2.45, 2.75) is 102 Å². The van der Waals surface area contributed by atoms with Crippen molar-refractivity contribution in [2.24, 2.45) is 0 Å². The largest absolute Gasteiger partial charge is 0.598 e. The highest BCUT2D eigenvalue weighted by Gasteiger charge is 2.49. The summed E-state index contributed by atoms with van der Waals surface area (Å²) >= 11 is -1.44. The molecular weight excluding hydrogens is 578 g/mol. The average Bonchev–Trinajstić information content (AvgIpc) is 3.36. The minimum atomic E-state index is -1.92. The van der Waals surface area contributed by atoms with E-state index in [1.807, 2.05) is 86.2 Å². The summed E-state index contributed by atoms with van der Waals surface area (Å²) in [6.07, 6.45) is 3.50. The molecule has 230 valence electrons. The fourth-order valence-corrected chi connectivity index (χ4v) is 6.63. The van der Waals surface area contributed by atoms with Crippen LogP contribution in [0, 0.1) is 0 Å². The van der Waals surface area contributed by atoms with Gasteiger partial charge in [0.25, 0.3) is 0 Å². The van der Waals surface area contributed by atoms with Crippen LogP contribution in [-0.4, -0.2) is 43.0 Å². The fraction of sp³-hybridized carbons (Fsp3) is 0.485. The Morgan fingerprint density at radius 1 is 1.05 bits per heavy atom. The molecule has 1 unspecified atom stereocenters. The molecule has 1 aliphatic carbocycles. The fourth-order valence-electron chi connectivity index (χ4n) is 4.79. The molecule has 0 spiro atoms. The van der Waals surface area contributed by atoms with Gasteiger partial charge in [0.2, 0.25) is 0 Å². The minimum absolute atomic E-state index is 0.118. The molecule has 4 aromatic rings. The summed E-state index contributed by atoms with van der Waals surface area (Å²) < 4.78 is 39.7. The first-order chi connectivity index (χ1) is 20.1. The third-order valence-corrected chi connectivity index (χ3v) is 14.9. The maximum Gasteiger partial charge on any atom is 0.192 e. The maximum atomic E-state index is 15.9. The first-order valence-electron chi connectivity index (χ1n) is 15.0. The Kier molecular flexibility index (Phi) is 8.65. The molecule has 2 atom stereocenters. The SMILES string of the molecule is CC(C)(C)[S@@+]([O-])NC(c1cccc(-c2ccc3cnn(-c4cccc(CO[Si](C)(C)C(C)(C)C)n4)c3c2)n1)C1(F)CCC1. The van der Waals surface area contributed by atoms with Gasteiger partial charge in [-0.25, -0.2) is 14.1 Å². The van der Waals surface area contributed by atoms with E-state index in [9.17, 15) is 4.55 Å². The number of hydrogen-bond acceptors (Lipinski definition) is 6. The van der Waals surface area contributed by atoms with Gasteiger partial charge in [-0.3, -0.25) is 4.98 Å². The number of pyridine rings is 2. The van der Waals surface area contributed by atoms with E-state index < -0.39 is 36.1 Å². The quantitative estimate of drug-likeness (QED) is 0.151. The second kappa shape index (κ2) is 11.7. The molecule has 1 N–H and O–H groups in total. The molecule has 0 aliphatic heterocycles. The first kappa shape index (κ1) is 31.8. The summed E-state index contributed by atoms with van der Waals surface area (Å²) in [7, 11) is -1.92. The van der Waals surface area contributed by atoms with E-state index in [0.29, 0.717) is 36.7 Å². The Labute approximate surface area is 259 Å². The summed E-state index contributed by atoms with van der Waals surface area (Å²) in [5.41, 5.74) is 2.43. The summed E-state index contributed by atoms with van der Waals surface area (Å²) in [6.45, 7) is 17.3. The van der Waals surface area contributed by atoms with E-state index in [-0.39, 0.29) is 5.04 Å². The van der Waals surface area contributed by atoms with Gasteiger partial charge in [0, 0.05) is 22.3 Å². The molecule has 0 bridgehead atoms. The van der Waals surface area contributed by atoms with Crippen molar-refractivity contribution in [2.75, 3.05) is 0 Å². The molecule has 0 radical (unpaired) electrons. The highest BCUT2D eigenvalue weighted by molar-refractivity contribution is 7.90. The first-order valence-corrected chi connectivity index (χ1v) is 19.1. The predicted octanol–water partition coefficient (Wildman–Crippen LogP) is 7.99. The van der Waals surface area contributed by atoms with Crippen LogP contribution in [0.1, 0.15) is 78.2 Å². The molecule has 3 aromatic heterocycles. The molecule has 7 nitrogen and oxygen atoms in total. The van der Waals surface area contributed by atoms with Crippen LogP contribution >= 0.6 is 0 Å². The molecular formula is C33H44FN5O2SSi. The van der Waals surface area contributed by atoms with Gasteiger partial charge < -0.3 is 8.98 Å². The molecule has 43 heavy (non-hydrogen) atoms. The van der Waals surface area contributed by atoms with E-state index in [1.165, 1.54) is 0 Å². The van der Waals surface area contributed by atoms with Gasteiger partial charge in [0.1, 0.15) is 16.5 Å². The average molecular weight is 622 g/mol. The van der Waals surface area contributed by atoms with Crippen LogP contribution in [0.4, 0.5) is 4.39 Å². The molecule has 0 amide bonds. The molecule has 0 saturated heterocycles. The number of aromatic nitrogens is 4. The lowest BCUT2D eigenvalue weighted by Gasteiger charge is -2.41. The Balaban J connectivity index is 1.45. The molecule has 3 heterocycles. The molecule has 1 aliphatic rings. The van der Waals surface area contributed by atoms with Gasteiger partial charge in [-0.2, -0.15) is 5.10 Å². The smallest absolute Gasteiger partial charge is 0.192 e. The number of hydrogen-bond donors (Lipinski definition) is 1. The van der Waals surface area contributed by atoms with Crippen LogP contribution in [0.25, 0.3) is 28.0 Å². The molecule has 5 rings (SSSR count). The number of alkyl halides is 1. The van der Waals surface area contributed by atoms with Crippen molar-refractivity contribution in [1.29, 1.82) is 0 Å². The Hall–Kier alpha value is -2.63. The van der Waals surface area contributed by atoms with Crippen molar-refractivity contribution in [3.05, 3.63) is 72.2 Å². The summed E-state index contributed by atoms with van der Waals surface area (Å²) in [6, 6.07) is 16.9. The number of nitrogens with zero attached hydrogens (tertiary/aromatic N) is 4. The zero-order chi connectivity index (χ0) is 31.2. The summed E-state index contributed by atoms with van der Waals surface area (Å²) in [5, 5.41) is 5.74. The Morgan fingerprint density at radius 3 is 2.42 bits per heavy atom. The van der Waals surface area contributed by atoms with Crippen molar-refractivity contribution < 1.29 is 13.4 Å². The minimum Gasteiger partial charge on any atom is -0.598 e. The van der Waals surface area contributed by atoms with Gasteiger partial charge in [0.05, 0.1) is 35.4 Å². The van der Waals surface area contributed by atoms with Crippen LogP contribution in [-0.2, 0) is 22.4 Å². The van der Waals surface area contributed by atoms with Gasteiger partial charge >= 0.3 is 0 Å². The summed E-state index contributed by atoms with van der Waals surface area (Å²) in [5.74, 6) is 0.712. The third kappa shape index (κ3) is 6.73. The third-order valence-electron chi connectivity index (χ3n) is 8.81. The van der Waals surface area contributed by atoms with Gasteiger partial charge in [-0.15, -0.1) is 4.72 Å². The van der Waals surface area contributed by atoms with E-state index >= 15 is 4.39 Å². The molecule has 1 fully saturated rings. The highest BCUT2D eigenvalue weighted by atomic mass is 32.2. The maximum absolute atomic E-state index is 15.9. The second-order valence-electron chi connectivity index (χ2n) is 14.1. The Bertz CT molecular complexity index is 1590. The number of fused-ring (bicyclic) bond motifs is 1. The van der Waals surface area contributed by atoms with Crippen LogP contribution < -0.4 is 4.72 Å². The molecule has 1 saturated carbocycles. The number of halogens is 1. The standard InChI is InChI=1S/C33H44FN5O2SSi/c1-31(2,3)42(40)38-30(33(34)18-11-19-33)27-14-10-13-26(37-27)23-16-17-24-21-35-39(28(24)20-23)29-15-9-12-25(36-29)22-41-43(7,8)32(4,5)6/h9-10,12-17,20-21,30,38H,11,18-19,22H2,1-8H3/t30?,42-/m1/s1. The number of nitrogens with one attached hydrogen (secondary N) is 1. The Morgan fingerprint density at radius 2 is 1.77 bits per heavy atom. The van der Waals surface area contributed by atoms with Gasteiger partial charge in [-0.1, -0.05) is 45.0 Å². The second-order valence-corrected chi connectivity index (χ2v) is 20.9. The van der Waals surface area contributed by atoms with Crippen LogP contribution in [0.15, 0.2) is 60.8 Å². The van der Waals surface area contributed by atoms with Crippen LogP contribution in [0.3, 0.4) is 0 Å². The van der Waals surface area contributed by atoms with Crippen molar-refractivity contribution in [1.82, 2.24) is 24.5 Å². The van der Waals surface area contributed by atoms with Crippen molar-refractivity contribution >= 4 is 30.6 Å².